The molecule has 27 heavy (non-hydrogen) atoms. The number of para-hydroxylation sites is 1. The van der Waals surface area contributed by atoms with E-state index in [1.165, 1.54) is 11.3 Å². The van der Waals surface area contributed by atoms with Crippen molar-refractivity contribution in [3.05, 3.63) is 52.7 Å². The van der Waals surface area contributed by atoms with Crippen molar-refractivity contribution < 1.29 is 9.53 Å². The number of halogens is 1. The Labute approximate surface area is 181 Å². The van der Waals surface area contributed by atoms with Crippen LogP contribution in [0.3, 0.4) is 0 Å². The zero-order chi connectivity index (χ0) is 18.5. The number of nitrogens with zero attached hydrogens (tertiary/aromatic N) is 1. The van der Waals surface area contributed by atoms with Crippen LogP contribution in [0.15, 0.2) is 52.8 Å². The molecule has 2 aromatic rings. The van der Waals surface area contributed by atoms with Crippen LogP contribution in [-0.2, 0) is 0 Å². The molecule has 0 bridgehead atoms. The van der Waals surface area contributed by atoms with Crippen molar-refractivity contribution in [3.63, 3.8) is 0 Å². The van der Waals surface area contributed by atoms with E-state index < -0.39 is 0 Å². The second-order valence-electron chi connectivity index (χ2n) is 5.53. The first-order chi connectivity index (χ1) is 12.8. The summed E-state index contributed by atoms with van der Waals surface area (Å²) in [6.07, 6.45) is 1.71. The number of amides is 1. The Bertz CT molecular complexity index is 666. The minimum Gasteiger partial charge on any atom is -0.494 e. The predicted molar refractivity (Wildman–Crippen MR) is 123 cm³/mol. The highest BCUT2D eigenvalue weighted by molar-refractivity contribution is 14.0. The van der Waals surface area contributed by atoms with Crippen LogP contribution in [0.5, 0.6) is 5.75 Å². The fraction of sp³-hybridized carbons (Fsp3) is 0.368. The maximum absolute atomic E-state index is 11.8. The lowest BCUT2D eigenvalue weighted by atomic mass is 10.3. The molecule has 0 radical (unpaired) electrons. The number of ether oxygens (including phenoxy) is 1. The number of rotatable bonds is 10. The van der Waals surface area contributed by atoms with Gasteiger partial charge in [-0.1, -0.05) is 24.3 Å². The first-order valence-corrected chi connectivity index (χ1v) is 9.61. The predicted octanol–water partition coefficient (Wildman–Crippen LogP) is 3.12. The number of hydrogen-bond acceptors (Lipinski definition) is 4. The third-order valence-corrected chi connectivity index (χ3v) is 4.39. The molecule has 0 saturated heterocycles. The third-order valence-electron chi connectivity index (χ3n) is 3.53. The molecule has 1 amide bonds. The number of hydrogen-bond donors (Lipinski definition) is 3. The Morgan fingerprint density at radius 2 is 1.70 bits per heavy atom. The highest BCUT2D eigenvalue weighted by atomic mass is 127. The van der Waals surface area contributed by atoms with Gasteiger partial charge in [0.15, 0.2) is 5.96 Å². The van der Waals surface area contributed by atoms with E-state index >= 15 is 0 Å². The standard InChI is InChI=1S/C19H26N4O2S.HI/c1-20-19(23-13-7-14-25-16-8-3-2-4-9-16)22-12-6-11-21-18(24)17-10-5-15-26-17;/h2-5,8-10,15H,6-7,11-14H2,1H3,(H,21,24)(H2,20,22,23);1H. The second-order valence-corrected chi connectivity index (χ2v) is 6.48. The van der Waals surface area contributed by atoms with Crippen LogP contribution >= 0.6 is 35.3 Å². The summed E-state index contributed by atoms with van der Waals surface area (Å²) in [5, 5.41) is 11.3. The Morgan fingerprint density at radius 3 is 2.37 bits per heavy atom. The van der Waals surface area contributed by atoms with Crippen LogP contribution in [0.4, 0.5) is 0 Å². The van der Waals surface area contributed by atoms with E-state index in [1.54, 1.807) is 7.05 Å². The zero-order valence-electron chi connectivity index (χ0n) is 15.4. The average molecular weight is 502 g/mol. The first-order valence-electron chi connectivity index (χ1n) is 8.73. The van der Waals surface area contributed by atoms with Gasteiger partial charge in [-0.25, -0.2) is 0 Å². The molecule has 2 rings (SSSR count). The van der Waals surface area contributed by atoms with Crippen LogP contribution in [0.1, 0.15) is 22.5 Å². The maximum Gasteiger partial charge on any atom is 0.261 e. The molecule has 1 heterocycles. The number of nitrogens with one attached hydrogen (secondary N) is 3. The third kappa shape index (κ3) is 9.62. The van der Waals surface area contributed by atoms with Crippen molar-refractivity contribution in [1.29, 1.82) is 0 Å². The molecular weight excluding hydrogens is 475 g/mol. The van der Waals surface area contributed by atoms with E-state index in [2.05, 4.69) is 20.9 Å². The van der Waals surface area contributed by atoms with Crippen molar-refractivity contribution in [2.75, 3.05) is 33.3 Å². The first kappa shape index (κ1) is 23.2. The summed E-state index contributed by atoms with van der Waals surface area (Å²) in [4.78, 5) is 16.7. The average Bonchev–Trinajstić information content (AvgIpc) is 3.21. The molecule has 0 spiro atoms. The Kier molecular flexibility index (Phi) is 12.3. The molecule has 0 atom stereocenters. The quantitative estimate of drug-likeness (QED) is 0.202. The molecule has 0 aliphatic heterocycles. The van der Waals surface area contributed by atoms with Gasteiger partial charge in [0.05, 0.1) is 11.5 Å². The fourth-order valence-corrected chi connectivity index (χ4v) is 2.84. The zero-order valence-corrected chi connectivity index (χ0v) is 18.6. The number of carbonyl (C=O) groups is 1. The van der Waals surface area contributed by atoms with Crippen molar-refractivity contribution in [2.45, 2.75) is 12.8 Å². The molecule has 0 saturated carbocycles. The lowest BCUT2D eigenvalue weighted by Gasteiger charge is -2.12. The molecule has 3 N–H and O–H groups in total. The largest absolute Gasteiger partial charge is 0.494 e. The Balaban J connectivity index is 0.00000364. The number of aliphatic imine (C=N–C) groups is 1. The molecule has 1 aromatic heterocycles. The minimum absolute atomic E-state index is 0. The summed E-state index contributed by atoms with van der Waals surface area (Å²) < 4.78 is 5.65. The molecular formula is C19H27IN4O2S. The molecule has 148 valence electrons. The molecule has 0 unspecified atom stereocenters. The molecule has 8 heteroatoms. The maximum atomic E-state index is 11.8. The van der Waals surface area contributed by atoms with Crippen LogP contribution in [0, 0.1) is 0 Å². The Morgan fingerprint density at radius 1 is 1.00 bits per heavy atom. The lowest BCUT2D eigenvalue weighted by molar-refractivity contribution is 0.0957. The highest BCUT2D eigenvalue weighted by Crippen LogP contribution is 2.08. The summed E-state index contributed by atoms with van der Waals surface area (Å²) >= 11 is 1.45. The number of thiophene rings is 1. The van der Waals surface area contributed by atoms with Crippen LogP contribution in [0.2, 0.25) is 0 Å². The topological polar surface area (TPSA) is 74.8 Å². The van der Waals surface area contributed by atoms with E-state index in [0.717, 1.165) is 42.5 Å². The fourth-order valence-electron chi connectivity index (χ4n) is 2.20. The van der Waals surface area contributed by atoms with E-state index in [-0.39, 0.29) is 29.9 Å². The number of carbonyl (C=O) groups excluding carboxylic acids is 1. The molecule has 0 aliphatic carbocycles. The van der Waals surface area contributed by atoms with Gasteiger partial charge in [-0.2, -0.15) is 0 Å². The second kappa shape index (κ2) is 14.3. The van der Waals surface area contributed by atoms with E-state index in [9.17, 15) is 4.79 Å². The summed E-state index contributed by atoms with van der Waals surface area (Å²) in [7, 11) is 1.74. The van der Waals surface area contributed by atoms with E-state index in [0.29, 0.717) is 13.2 Å². The number of benzene rings is 1. The Hall–Kier alpha value is -1.81. The van der Waals surface area contributed by atoms with Gasteiger partial charge in [-0.15, -0.1) is 35.3 Å². The summed E-state index contributed by atoms with van der Waals surface area (Å²) in [5.74, 6) is 1.63. The van der Waals surface area contributed by atoms with E-state index in [4.69, 9.17) is 4.74 Å². The van der Waals surface area contributed by atoms with Gasteiger partial charge in [0.1, 0.15) is 5.75 Å². The van der Waals surface area contributed by atoms with Gasteiger partial charge in [0.2, 0.25) is 0 Å². The summed E-state index contributed by atoms with van der Waals surface area (Å²) in [6.45, 7) is 2.81. The van der Waals surface area contributed by atoms with Gasteiger partial charge in [-0.05, 0) is 36.4 Å². The number of guanidine groups is 1. The van der Waals surface area contributed by atoms with Crippen molar-refractivity contribution in [3.8, 4) is 5.75 Å². The normalized spacial score (nSPS) is 10.6. The summed E-state index contributed by atoms with van der Waals surface area (Å²) in [6, 6.07) is 13.5. The molecule has 6 nitrogen and oxygen atoms in total. The smallest absolute Gasteiger partial charge is 0.261 e. The minimum atomic E-state index is -0.0130. The van der Waals surface area contributed by atoms with Crippen LogP contribution in [-0.4, -0.2) is 45.2 Å². The van der Waals surface area contributed by atoms with Crippen molar-refractivity contribution in [2.24, 2.45) is 4.99 Å². The summed E-state index contributed by atoms with van der Waals surface area (Å²) in [5.41, 5.74) is 0. The van der Waals surface area contributed by atoms with Gasteiger partial charge in [-0.3, -0.25) is 9.79 Å². The highest BCUT2D eigenvalue weighted by Gasteiger charge is 2.04. The van der Waals surface area contributed by atoms with Crippen LogP contribution < -0.4 is 20.7 Å². The van der Waals surface area contributed by atoms with E-state index in [1.807, 2.05) is 47.8 Å². The van der Waals surface area contributed by atoms with Crippen molar-refractivity contribution >= 4 is 47.2 Å². The van der Waals surface area contributed by atoms with Gasteiger partial charge in [0.25, 0.3) is 5.91 Å². The molecule has 1 aromatic carbocycles. The van der Waals surface area contributed by atoms with Gasteiger partial charge < -0.3 is 20.7 Å². The lowest BCUT2D eigenvalue weighted by Crippen LogP contribution is -2.39. The van der Waals surface area contributed by atoms with Crippen molar-refractivity contribution in [1.82, 2.24) is 16.0 Å². The monoisotopic (exact) mass is 502 g/mol. The SMILES string of the molecule is CN=C(NCCCNC(=O)c1cccs1)NCCCOc1ccccc1.I. The van der Waals surface area contributed by atoms with Gasteiger partial charge >= 0.3 is 0 Å². The molecule has 0 fully saturated rings. The van der Waals surface area contributed by atoms with Crippen LogP contribution in [0.25, 0.3) is 0 Å². The molecule has 0 aliphatic rings. The van der Waals surface area contributed by atoms with Gasteiger partial charge in [0, 0.05) is 26.7 Å².